The van der Waals surface area contributed by atoms with Gasteiger partial charge in [-0.15, -0.1) is 22.9 Å². The highest BCUT2D eigenvalue weighted by Crippen LogP contribution is 2.25. The quantitative estimate of drug-likeness (QED) is 0.760. The van der Waals surface area contributed by atoms with Crippen molar-refractivity contribution in [2.24, 2.45) is 5.92 Å². The van der Waals surface area contributed by atoms with Gasteiger partial charge >= 0.3 is 0 Å². The third-order valence-electron chi connectivity index (χ3n) is 2.99. The first kappa shape index (κ1) is 11.4. The molecule has 0 radical (unpaired) electrons. The number of aromatic nitrogens is 1. The molecule has 1 aliphatic rings. The standard InChI is InChI=1S/C11H17ClN2S/c1-8-3-9(2)14(5-8)6-11-13-10(4-12)7-15-11/h7-9H,3-6H2,1-2H3. The molecule has 2 rings (SSSR count). The molecule has 1 aromatic rings. The van der Waals surface area contributed by atoms with E-state index in [0.29, 0.717) is 11.9 Å². The van der Waals surface area contributed by atoms with Crippen LogP contribution in [0.1, 0.15) is 31.0 Å². The maximum absolute atomic E-state index is 5.74. The van der Waals surface area contributed by atoms with E-state index in [9.17, 15) is 0 Å². The number of hydrogen-bond donors (Lipinski definition) is 0. The molecule has 0 saturated carbocycles. The maximum atomic E-state index is 5.74. The van der Waals surface area contributed by atoms with E-state index in [2.05, 4.69) is 29.1 Å². The Labute approximate surface area is 100 Å². The van der Waals surface area contributed by atoms with E-state index in [-0.39, 0.29) is 0 Å². The highest BCUT2D eigenvalue weighted by molar-refractivity contribution is 7.09. The highest BCUT2D eigenvalue weighted by atomic mass is 35.5. The molecule has 4 heteroatoms. The number of thiazole rings is 1. The smallest absolute Gasteiger partial charge is 0.107 e. The average molecular weight is 245 g/mol. The fraction of sp³-hybridized carbons (Fsp3) is 0.727. The molecule has 1 fully saturated rings. The predicted molar refractivity (Wildman–Crippen MR) is 65.3 cm³/mol. The van der Waals surface area contributed by atoms with Gasteiger partial charge in [-0.1, -0.05) is 6.92 Å². The summed E-state index contributed by atoms with van der Waals surface area (Å²) in [6.07, 6.45) is 1.31. The highest BCUT2D eigenvalue weighted by Gasteiger charge is 2.26. The third kappa shape index (κ3) is 2.71. The molecule has 0 spiro atoms. The van der Waals surface area contributed by atoms with E-state index in [4.69, 9.17) is 11.6 Å². The fourth-order valence-electron chi connectivity index (χ4n) is 2.26. The molecule has 1 aromatic heterocycles. The normalized spacial score (nSPS) is 27.4. The zero-order chi connectivity index (χ0) is 10.8. The van der Waals surface area contributed by atoms with E-state index in [1.54, 1.807) is 11.3 Å². The van der Waals surface area contributed by atoms with Gasteiger partial charge in [-0.3, -0.25) is 4.90 Å². The van der Waals surface area contributed by atoms with E-state index in [1.807, 2.05) is 0 Å². The van der Waals surface area contributed by atoms with Gasteiger partial charge in [-0.05, 0) is 19.3 Å². The minimum atomic E-state index is 0.530. The topological polar surface area (TPSA) is 16.1 Å². The van der Waals surface area contributed by atoms with Crippen LogP contribution in [0.2, 0.25) is 0 Å². The largest absolute Gasteiger partial charge is 0.294 e. The fourth-order valence-corrected chi connectivity index (χ4v) is 3.31. The lowest BCUT2D eigenvalue weighted by Crippen LogP contribution is -2.26. The van der Waals surface area contributed by atoms with Crippen LogP contribution in [0.4, 0.5) is 0 Å². The Morgan fingerprint density at radius 2 is 2.40 bits per heavy atom. The van der Waals surface area contributed by atoms with Crippen LogP contribution >= 0.6 is 22.9 Å². The van der Waals surface area contributed by atoms with Crippen LogP contribution in [0.25, 0.3) is 0 Å². The minimum absolute atomic E-state index is 0.530. The van der Waals surface area contributed by atoms with Gasteiger partial charge in [-0.25, -0.2) is 4.98 Å². The van der Waals surface area contributed by atoms with Gasteiger partial charge in [0.25, 0.3) is 0 Å². The van der Waals surface area contributed by atoms with Crippen molar-refractivity contribution in [3.8, 4) is 0 Å². The molecule has 1 aliphatic heterocycles. The van der Waals surface area contributed by atoms with Crippen LogP contribution in [0.5, 0.6) is 0 Å². The van der Waals surface area contributed by atoms with Gasteiger partial charge in [0.1, 0.15) is 5.01 Å². The Kier molecular flexibility index (Phi) is 3.65. The van der Waals surface area contributed by atoms with Gasteiger partial charge in [0.2, 0.25) is 0 Å². The molecule has 2 heterocycles. The second-order valence-corrected chi connectivity index (χ2v) is 5.70. The molecule has 2 unspecified atom stereocenters. The predicted octanol–water partition coefficient (Wildman–Crippen LogP) is 3.11. The maximum Gasteiger partial charge on any atom is 0.107 e. The number of hydrogen-bond acceptors (Lipinski definition) is 3. The first-order valence-corrected chi connectivity index (χ1v) is 6.83. The van der Waals surface area contributed by atoms with Crippen molar-refractivity contribution in [2.75, 3.05) is 6.54 Å². The summed E-state index contributed by atoms with van der Waals surface area (Å²) >= 11 is 7.47. The summed E-state index contributed by atoms with van der Waals surface area (Å²) in [5.74, 6) is 1.36. The summed E-state index contributed by atoms with van der Waals surface area (Å²) < 4.78 is 0. The van der Waals surface area contributed by atoms with Gasteiger partial charge in [-0.2, -0.15) is 0 Å². The number of halogens is 1. The monoisotopic (exact) mass is 244 g/mol. The van der Waals surface area contributed by atoms with Crippen LogP contribution in [-0.2, 0) is 12.4 Å². The van der Waals surface area contributed by atoms with Crippen LogP contribution in [-0.4, -0.2) is 22.5 Å². The molecule has 0 amide bonds. The van der Waals surface area contributed by atoms with Crippen LogP contribution in [0.3, 0.4) is 0 Å². The van der Waals surface area contributed by atoms with E-state index in [0.717, 1.165) is 18.2 Å². The summed E-state index contributed by atoms with van der Waals surface area (Å²) in [6, 6.07) is 0.698. The van der Waals surface area contributed by atoms with Gasteiger partial charge in [0.05, 0.1) is 18.1 Å². The first-order chi connectivity index (χ1) is 7.19. The second kappa shape index (κ2) is 4.81. The van der Waals surface area contributed by atoms with E-state index < -0.39 is 0 Å². The van der Waals surface area contributed by atoms with Crippen molar-refractivity contribution in [1.82, 2.24) is 9.88 Å². The lowest BCUT2D eigenvalue weighted by Gasteiger charge is -2.19. The Morgan fingerprint density at radius 1 is 1.60 bits per heavy atom. The Morgan fingerprint density at radius 3 is 2.93 bits per heavy atom. The first-order valence-electron chi connectivity index (χ1n) is 5.42. The van der Waals surface area contributed by atoms with Crippen LogP contribution in [0, 0.1) is 5.92 Å². The van der Waals surface area contributed by atoms with E-state index in [1.165, 1.54) is 18.0 Å². The number of alkyl halides is 1. The zero-order valence-electron chi connectivity index (χ0n) is 9.24. The van der Waals surface area contributed by atoms with Gasteiger partial charge < -0.3 is 0 Å². The molecule has 15 heavy (non-hydrogen) atoms. The Hall–Kier alpha value is -0.120. The van der Waals surface area contributed by atoms with Crippen molar-refractivity contribution in [3.05, 3.63) is 16.1 Å². The SMILES string of the molecule is CC1CC(C)N(Cc2nc(CCl)cs2)C1. The van der Waals surface area contributed by atoms with Crippen molar-refractivity contribution in [3.63, 3.8) is 0 Å². The molecule has 2 nitrogen and oxygen atoms in total. The van der Waals surface area contributed by atoms with Crippen LogP contribution in [0.15, 0.2) is 5.38 Å². The van der Waals surface area contributed by atoms with Crippen molar-refractivity contribution in [2.45, 2.75) is 38.7 Å². The molecule has 2 atom stereocenters. The van der Waals surface area contributed by atoms with Crippen molar-refractivity contribution < 1.29 is 0 Å². The van der Waals surface area contributed by atoms with E-state index >= 15 is 0 Å². The zero-order valence-corrected chi connectivity index (χ0v) is 10.8. The summed E-state index contributed by atoms with van der Waals surface area (Å²) in [7, 11) is 0. The molecular weight excluding hydrogens is 228 g/mol. The Bertz CT molecular complexity index is 326. The lowest BCUT2D eigenvalue weighted by atomic mass is 10.1. The summed E-state index contributed by atoms with van der Waals surface area (Å²) in [4.78, 5) is 7.01. The lowest BCUT2D eigenvalue weighted by molar-refractivity contribution is 0.256. The van der Waals surface area contributed by atoms with Gasteiger partial charge in [0.15, 0.2) is 0 Å². The summed E-state index contributed by atoms with van der Waals surface area (Å²) in [5, 5.41) is 3.26. The number of likely N-dealkylation sites (tertiary alicyclic amines) is 1. The summed E-state index contributed by atoms with van der Waals surface area (Å²) in [6.45, 7) is 6.83. The Balaban J connectivity index is 1.96. The molecule has 0 aromatic carbocycles. The molecular formula is C11H17ClN2S. The van der Waals surface area contributed by atoms with Crippen molar-refractivity contribution in [1.29, 1.82) is 0 Å². The molecule has 0 bridgehead atoms. The molecule has 0 aliphatic carbocycles. The third-order valence-corrected chi connectivity index (χ3v) is 4.14. The van der Waals surface area contributed by atoms with Gasteiger partial charge in [0, 0.05) is 18.0 Å². The molecule has 84 valence electrons. The van der Waals surface area contributed by atoms with Crippen molar-refractivity contribution >= 4 is 22.9 Å². The number of rotatable bonds is 3. The molecule has 0 N–H and O–H groups in total. The van der Waals surface area contributed by atoms with Crippen LogP contribution < -0.4 is 0 Å². The second-order valence-electron chi connectivity index (χ2n) is 4.49. The molecule has 1 saturated heterocycles. The number of nitrogens with zero attached hydrogens (tertiary/aromatic N) is 2. The minimum Gasteiger partial charge on any atom is -0.294 e. The summed E-state index contributed by atoms with van der Waals surface area (Å²) in [5.41, 5.74) is 1.01. The average Bonchev–Trinajstić information content (AvgIpc) is 2.75.